The molecule has 0 aromatic carbocycles. The number of nitrogens with one attached hydrogen (secondary N) is 1. The van der Waals surface area contributed by atoms with Crippen molar-refractivity contribution >= 4 is 33.7 Å². The number of hydrogen-bond acceptors (Lipinski definition) is 6. The molecule has 1 amide bonds. The van der Waals surface area contributed by atoms with Gasteiger partial charge in [0.25, 0.3) is 0 Å². The van der Waals surface area contributed by atoms with E-state index in [1.807, 2.05) is 22.2 Å². The molecule has 0 aliphatic carbocycles. The minimum Gasteiger partial charge on any atom is -0.384 e. The Bertz CT molecular complexity index is 611. The monoisotopic (exact) mass is 337 g/mol. The van der Waals surface area contributed by atoms with Crippen LogP contribution in [0.5, 0.6) is 0 Å². The summed E-state index contributed by atoms with van der Waals surface area (Å²) in [5, 5.41) is 20.0. The van der Waals surface area contributed by atoms with E-state index in [0.717, 1.165) is 30.1 Å². The number of rotatable bonds is 5. The first-order valence-corrected chi connectivity index (χ1v) is 9.09. The highest BCUT2D eigenvalue weighted by Gasteiger charge is 2.33. The van der Waals surface area contributed by atoms with Gasteiger partial charge in [0.15, 0.2) is 5.13 Å². The summed E-state index contributed by atoms with van der Waals surface area (Å²) in [6.45, 7) is 2.79. The van der Waals surface area contributed by atoms with Crippen molar-refractivity contribution in [3.63, 3.8) is 0 Å². The van der Waals surface area contributed by atoms with E-state index in [4.69, 9.17) is 0 Å². The van der Waals surface area contributed by atoms with Gasteiger partial charge in [-0.05, 0) is 42.2 Å². The summed E-state index contributed by atoms with van der Waals surface area (Å²) in [4.78, 5) is 18.8. The SMILES string of the molecule is C[C@@](O)(CNC(=O)[C@H]1CCCN1c1nccs1)c1ccsc1. The van der Waals surface area contributed by atoms with Crippen molar-refractivity contribution in [1.29, 1.82) is 0 Å². The van der Waals surface area contributed by atoms with Gasteiger partial charge in [-0.25, -0.2) is 4.98 Å². The molecule has 2 N–H and O–H groups in total. The number of nitrogens with zero attached hydrogens (tertiary/aromatic N) is 2. The first-order valence-electron chi connectivity index (χ1n) is 7.27. The molecule has 1 aliphatic heterocycles. The lowest BCUT2D eigenvalue weighted by atomic mass is 9.99. The number of carbonyl (C=O) groups is 1. The van der Waals surface area contributed by atoms with Crippen LogP contribution in [-0.2, 0) is 10.4 Å². The second kappa shape index (κ2) is 6.36. The fourth-order valence-corrected chi connectivity index (χ4v) is 4.18. The van der Waals surface area contributed by atoms with Crippen LogP contribution in [-0.4, -0.2) is 35.1 Å². The zero-order valence-corrected chi connectivity index (χ0v) is 14.0. The Morgan fingerprint density at radius 3 is 3.14 bits per heavy atom. The molecule has 118 valence electrons. The van der Waals surface area contributed by atoms with Crippen molar-refractivity contribution in [2.24, 2.45) is 0 Å². The van der Waals surface area contributed by atoms with Crippen LogP contribution in [0.15, 0.2) is 28.4 Å². The van der Waals surface area contributed by atoms with E-state index in [0.29, 0.717) is 0 Å². The fourth-order valence-electron chi connectivity index (χ4n) is 2.68. The van der Waals surface area contributed by atoms with Crippen LogP contribution in [0.4, 0.5) is 5.13 Å². The molecule has 0 unspecified atom stereocenters. The minimum atomic E-state index is -1.04. The molecule has 2 atom stereocenters. The van der Waals surface area contributed by atoms with Crippen molar-refractivity contribution < 1.29 is 9.90 Å². The predicted octanol–water partition coefficient (Wildman–Crippen LogP) is 2.20. The van der Waals surface area contributed by atoms with Crippen LogP contribution >= 0.6 is 22.7 Å². The molecule has 5 nitrogen and oxygen atoms in total. The molecule has 3 heterocycles. The van der Waals surface area contributed by atoms with Gasteiger partial charge >= 0.3 is 0 Å². The quantitative estimate of drug-likeness (QED) is 0.878. The Morgan fingerprint density at radius 1 is 1.59 bits per heavy atom. The van der Waals surface area contributed by atoms with Gasteiger partial charge in [0.05, 0.1) is 6.54 Å². The van der Waals surface area contributed by atoms with Crippen LogP contribution in [0.25, 0.3) is 0 Å². The third-order valence-corrected chi connectivity index (χ3v) is 5.46. The first-order chi connectivity index (χ1) is 10.6. The maximum atomic E-state index is 12.5. The van der Waals surface area contributed by atoms with Crippen LogP contribution in [0.2, 0.25) is 0 Å². The summed E-state index contributed by atoms with van der Waals surface area (Å²) < 4.78 is 0. The molecule has 2 aromatic heterocycles. The Kier molecular flexibility index (Phi) is 4.46. The zero-order valence-electron chi connectivity index (χ0n) is 12.4. The molecule has 1 fully saturated rings. The van der Waals surface area contributed by atoms with Gasteiger partial charge in [-0.15, -0.1) is 11.3 Å². The summed E-state index contributed by atoms with van der Waals surface area (Å²) in [5.74, 6) is -0.0387. The highest BCUT2D eigenvalue weighted by atomic mass is 32.1. The number of amides is 1. The third-order valence-electron chi connectivity index (χ3n) is 3.97. The number of thiazole rings is 1. The smallest absolute Gasteiger partial charge is 0.242 e. The predicted molar refractivity (Wildman–Crippen MR) is 89.4 cm³/mol. The summed E-state index contributed by atoms with van der Waals surface area (Å²) in [5.41, 5.74) is -0.207. The van der Waals surface area contributed by atoms with Crippen LogP contribution in [0.3, 0.4) is 0 Å². The van der Waals surface area contributed by atoms with Gasteiger partial charge < -0.3 is 15.3 Å². The second-order valence-corrected chi connectivity index (χ2v) is 7.32. The number of carbonyl (C=O) groups excluding carboxylic acids is 1. The van der Waals surface area contributed by atoms with Crippen molar-refractivity contribution in [2.45, 2.75) is 31.4 Å². The minimum absolute atomic E-state index is 0.0387. The Hall–Kier alpha value is -1.44. The van der Waals surface area contributed by atoms with E-state index in [2.05, 4.69) is 15.2 Å². The lowest BCUT2D eigenvalue weighted by molar-refractivity contribution is -0.123. The summed E-state index contributed by atoms with van der Waals surface area (Å²) >= 11 is 3.09. The molecular weight excluding hydrogens is 318 g/mol. The van der Waals surface area contributed by atoms with Crippen molar-refractivity contribution in [1.82, 2.24) is 10.3 Å². The summed E-state index contributed by atoms with van der Waals surface area (Å²) in [6, 6.07) is 1.69. The lowest BCUT2D eigenvalue weighted by Crippen LogP contribution is -2.47. The third kappa shape index (κ3) is 3.16. The van der Waals surface area contributed by atoms with E-state index in [-0.39, 0.29) is 18.5 Å². The lowest BCUT2D eigenvalue weighted by Gasteiger charge is -2.27. The second-order valence-electron chi connectivity index (χ2n) is 5.67. The molecule has 2 aromatic rings. The number of aromatic nitrogens is 1. The fraction of sp³-hybridized carbons (Fsp3) is 0.467. The van der Waals surface area contributed by atoms with Gasteiger partial charge in [-0.2, -0.15) is 11.3 Å². The van der Waals surface area contributed by atoms with Crippen LogP contribution < -0.4 is 10.2 Å². The van der Waals surface area contributed by atoms with Gasteiger partial charge in [0, 0.05) is 18.1 Å². The molecular formula is C15H19N3O2S2. The van der Waals surface area contributed by atoms with Crippen molar-refractivity contribution in [2.75, 3.05) is 18.0 Å². The Labute approximate surface area is 137 Å². The normalized spacial score (nSPS) is 20.8. The molecule has 7 heteroatoms. The topological polar surface area (TPSA) is 65.5 Å². The Morgan fingerprint density at radius 2 is 2.45 bits per heavy atom. The van der Waals surface area contributed by atoms with E-state index in [9.17, 15) is 9.90 Å². The largest absolute Gasteiger partial charge is 0.384 e. The Balaban J connectivity index is 1.62. The van der Waals surface area contributed by atoms with Crippen molar-refractivity contribution in [3.8, 4) is 0 Å². The van der Waals surface area contributed by atoms with E-state index in [1.54, 1.807) is 24.5 Å². The van der Waals surface area contributed by atoms with Gasteiger partial charge in [0.2, 0.25) is 5.91 Å². The molecule has 22 heavy (non-hydrogen) atoms. The van der Waals surface area contributed by atoms with Crippen LogP contribution in [0.1, 0.15) is 25.3 Å². The molecule has 0 spiro atoms. The van der Waals surface area contributed by atoms with Crippen molar-refractivity contribution in [3.05, 3.63) is 34.0 Å². The first kappa shape index (κ1) is 15.5. The van der Waals surface area contributed by atoms with E-state index in [1.165, 1.54) is 11.3 Å². The zero-order chi connectivity index (χ0) is 15.6. The molecule has 0 radical (unpaired) electrons. The number of aliphatic hydroxyl groups is 1. The molecule has 0 bridgehead atoms. The number of thiophene rings is 1. The van der Waals surface area contributed by atoms with E-state index < -0.39 is 5.60 Å². The highest BCUT2D eigenvalue weighted by molar-refractivity contribution is 7.13. The number of anilines is 1. The molecule has 1 aliphatic rings. The standard InChI is InChI=1S/C15H19N3O2S2/c1-15(20,11-4-7-21-9-11)10-17-13(19)12-3-2-6-18(12)14-16-5-8-22-14/h4-5,7-9,12,20H,2-3,6,10H2,1H3,(H,17,19)/t12-,15-/m1/s1. The molecule has 3 rings (SSSR count). The van der Waals surface area contributed by atoms with Gasteiger partial charge in [0.1, 0.15) is 11.6 Å². The van der Waals surface area contributed by atoms with Gasteiger partial charge in [-0.3, -0.25) is 4.79 Å². The highest BCUT2D eigenvalue weighted by Crippen LogP contribution is 2.27. The van der Waals surface area contributed by atoms with Crippen LogP contribution in [0, 0.1) is 0 Å². The average Bonchev–Trinajstić information content (AvgIpc) is 3.26. The van der Waals surface area contributed by atoms with Gasteiger partial charge in [-0.1, -0.05) is 0 Å². The average molecular weight is 337 g/mol. The number of hydrogen-bond donors (Lipinski definition) is 2. The molecule has 0 saturated carbocycles. The van der Waals surface area contributed by atoms with E-state index >= 15 is 0 Å². The summed E-state index contributed by atoms with van der Waals surface area (Å²) in [7, 11) is 0. The molecule has 1 saturated heterocycles. The maximum Gasteiger partial charge on any atom is 0.242 e. The maximum absolute atomic E-state index is 12.5. The summed E-state index contributed by atoms with van der Waals surface area (Å²) in [6.07, 6.45) is 3.57.